The van der Waals surface area contributed by atoms with Crippen molar-refractivity contribution in [1.29, 1.82) is 0 Å². The summed E-state index contributed by atoms with van der Waals surface area (Å²) in [5, 5.41) is 4.38. The van der Waals surface area contributed by atoms with E-state index in [-0.39, 0.29) is 11.3 Å². The monoisotopic (exact) mass is 280 g/mol. The number of anilines is 1. The number of thiophene rings is 1. The third-order valence-electron chi connectivity index (χ3n) is 4.29. The summed E-state index contributed by atoms with van der Waals surface area (Å²) in [4.78, 5) is 16.1. The highest BCUT2D eigenvalue weighted by Gasteiger charge is 2.45. The second kappa shape index (κ2) is 5.63. The number of rotatable bonds is 0. The molecule has 0 aromatic carbocycles. The van der Waals surface area contributed by atoms with Gasteiger partial charge in [-0.1, -0.05) is 13.8 Å². The average molecular weight is 280 g/mol. The van der Waals surface area contributed by atoms with E-state index in [0.717, 1.165) is 19.6 Å². The zero-order chi connectivity index (χ0) is 14.0. The van der Waals surface area contributed by atoms with E-state index in [4.69, 9.17) is 0 Å². The Balaban J connectivity index is 0.000000637. The predicted molar refractivity (Wildman–Crippen MR) is 82.1 cm³/mol. The molecule has 3 rings (SSSR count). The normalized spacial score (nSPS) is 20.9. The Morgan fingerprint density at radius 3 is 2.47 bits per heavy atom. The number of hydrogen-bond acceptors (Lipinski definition) is 3. The lowest BCUT2D eigenvalue weighted by Crippen LogP contribution is -2.44. The van der Waals surface area contributed by atoms with Crippen LogP contribution in [0, 0.1) is 0 Å². The Bertz CT molecular complexity index is 447. The molecule has 0 unspecified atom stereocenters. The summed E-state index contributed by atoms with van der Waals surface area (Å²) < 4.78 is 0. The standard InChI is InChI=1S/C13H18N2OS.C2H6/c1-10(16)15-9-13(3-5-14(2)6-4-13)11-7-17-8-12(11)15;1-2/h7-8H,3-6,9H2,1-2H3;1-2H3. The molecule has 0 bridgehead atoms. The van der Waals surface area contributed by atoms with E-state index >= 15 is 0 Å². The Kier molecular flexibility index (Phi) is 4.31. The quantitative estimate of drug-likeness (QED) is 0.729. The number of likely N-dealkylation sites (tertiary alicyclic amines) is 1. The van der Waals surface area contributed by atoms with E-state index in [0.29, 0.717) is 0 Å². The van der Waals surface area contributed by atoms with Gasteiger partial charge in [-0.2, -0.15) is 0 Å². The van der Waals surface area contributed by atoms with Crippen molar-refractivity contribution in [3.05, 3.63) is 16.3 Å². The van der Waals surface area contributed by atoms with Gasteiger partial charge in [-0.15, -0.1) is 11.3 Å². The fourth-order valence-electron chi connectivity index (χ4n) is 3.12. The molecular formula is C15H24N2OS. The summed E-state index contributed by atoms with van der Waals surface area (Å²) in [6.07, 6.45) is 2.36. The maximum Gasteiger partial charge on any atom is 0.223 e. The molecule has 1 spiro atoms. The molecule has 2 aliphatic rings. The van der Waals surface area contributed by atoms with Crippen LogP contribution in [0.1, 0.15) is 39.2 Å². The highest BCUT2D eigenvalue weighted by Crippen LogP contribution is 2.48. The van der Waals surface area contributed by atoms with E-state index in [1.807, 2.05) is 18.7 Å². The van der Waals surface area contributed by atoms with E-state index < -0.39 is 0 Å². The summed E-state index contributed by atoms with van der Waals surface area (Å²) in [6, 6.07) is 0. The Hall–Kier alpha value is -0.870. The lowest BCUT2D eigenvalue weighted by molar-refractivity contribution is -0.116. The summed E-state index contributed by atoms with van der Waals surface area (Å²) >= 11 is 1.72. The Morgan fingerprint density at radius 2 is 1.89 bits per heavy atom. The maximum atomic E-state index is 11.7. The van der Waals surface area contributed by atoms with Crippen LogP contribution in [0.15, 0.2) is 10.8 Å². The number of nitrogens with zero attached hydrogens (tertiary/aromatic N) is 2. The maximum absolute atomic E-state index is 11.7. The molecule has 1 aromatic heterocycles. The van der Waals surface area contributed by atoms with Crippen LogP contribution in [0.25, 0.3) is 0 Å². The van der Waals surface area contributed by atoms with Crippen molar-refractivity contribution in [2.45, 2.75) is 39.0 Å². The van der Waals surface area contributed by atoms with Gasteiger partial charge in [0.25, 0.3) is 0 Å². The molecule has 106 valence electrons. The minimum absolute atomic E-state index is 0.181. The number of hydrogen-bond donors (Lipinski definition) is 0. The van der Waals surface area contributed by atoms with E-state index in [9.17, 15) is 4.79 Å². The van der Waals surface area contributed by atoms with Crippen molar-refractivity contribution in [1.82, 2.24) is 4.90 Å². The van der Waals surface area contributed by atoms with E-state index in [2.05, 4.69) is 22.7 Å². The summed E-state index contributed by atoms with van der Waals surface area (Å²) in [6.45, 7) is 8.85. The van der Waals surface area contributed by atoms with Crippen molar-refractivity contribution in [3.8, 4) is 0 Å². The van der Waals surface area contributed by atoms with E-state index in [1.165, 1.54) is 24.1 Å². The molecule has 4 heteroatoms. The molecule has 0 atom stereocenters. The fourth-order valence-corrected chi connectivity index (χ4v) is 4.08. The molecule has 3 heterocycles. The van der Waals surface area contributed by atoms with Gasteiger partial charge in [-0.3, -0.25) is 4.79 Å². The van der Waals surface area contributed by atoms with Crippen LogP contribution in [0.5, 0.6) is 0 Å². The van der Waals surface area contributed by atoms with Crippen molar-refractivity contribution in [2.75, 3.05) is 31.6 Å². The molecule has 19 heavy (non-hydrogen) atoms. The number of carbonyl (C=O) groups excluding carboxylic acids is 1. The van der Waals surface area contributed by atoms with Gasteiger partial charge in [0.1, 0.15) is 0 Å². The average Bonchev–Trinajstić information content (AvgIpc) is 2.99. The highest BCUT2D eigenvalue weighted by molar-refractivity contribution is 7.08. The molecule has 1 fully saturated rings. The molecule has 2 aliphatic heterocycles. The molecule has 0 saturated carbocycles. The lowest BCUT2D eigenvalue weighted by Gasteiger charge is -2.38. The van der Waals surface area contributed by atoms with Gasteiger partial charge in [0.2, 0.25) is 5.91 Å². The van der Waals surface area contributed by atoms with Crippen LogP contribution in [0.3, 0.4) is 0 Å². The number of carbonyl (C=O) groups is 1. The SMILES string of the molecule is CC.CC(=O)N1CC2(CCN(C)CC2)c2cscc21. The van der Waals surface area contributed by atoms with E-state index in [1.54, 1.807) is 18.3 Å². The molecule has 0 aliphatic carbocycles. The molecule has 1 saturated heterocycles. The number of piperidine rings is 1. The first-order chi connectivity index (χ1) is 9.12. The van der Waals surface area contributed by atoms with Crippen molar-refractivity contribution in [2.24, 2.45) is 0 Å². The molecule has 1 amide bonds. The molecular weight excluding hydrogens is 256 g/mol. The largest absolute Gasteiger partial charge is 0.311 e. The van der Waals surface area contributed by atoms with Crippen LogP contribution >= 0.6 is 11.3 Å². The Labute approximate surface area is 120 Å². The fraction of sp³-hybridized carbons (Fsp3) is 0.667. The van der Waals surface area contributed by atoms with Gasteiger partial charge in [-0.25, -0.2) is 0 Å². The Morgan fingerprint density at radius 1 is 1.26 bits per heavy atom. The van der Waals surface area contributed by atoms with Crippen LogP contribution in [0.2, 0.25) is 0 Å². The summed E-state index contributed by atoms with van der Waals surface area (Å²) in [5.74, 6) is 0.181. The number of fused-ring (bicyclic) bond motifs is 2. The van der Waals surface area contributed by atoms with Crippen molar-refractivity contribution >= 4 is 22.9 Å². The molecule has 3 nitrogen and oxygen atoms in total. The van der Waals surface area contributed by atoms with Gasteiger partial charge >= 0.3 is 0 Å². The molecule has 0 N–H and O–H groups in total. The smallest absolute Gasteiger partial charge is 0.223 e. The van der Waals surface area contributed by atoms with Crippen LogP contribution < -0.4 is 4.90 Å². The summed E-state index contributed by atoms with van der Waals surface area (Å²) in [5.41, 5.74) is 2.84. The van der Waals surface area contributed by atoms with Crippen molar-refractivity contribution < 1.29 is 4.79 Å². The van der Waals surface area contributed by atoms with Gasteiger partial charge in [0.15, 0.2) is 0 Å². The second-order valence-electron chi connectivity index (χ2n) is 5.36. The van der Waals surface area contributed by atoms with Gasteiger partial charge < -0.3 is 9.80 Å². The summed E-state index contributed by atoms with van der Waals surface area (Å²) in [7, 11) is 2.18. The zero-order valence-electron chi connectivity index (χ0n) is 12.4. The minimum Gasteiger partial charge on any atom is -0.311 e. The highest BCUT2D eigenvalue weighted by atomic mass is 32.1. The zero-order valence-corrected chi connectivity index (χ0v) is 13.2. The first-order valence-corrected chi connectivity index (χ1v) is 8.10. The topological polar surface area (TPSA) is 23.6 Å². The molecule has 0 radical (unpaired) electrons. The third kappa shape index (κ3) is 2.43. The lowest BCUT2D eigenvalue weighted by atomic mass is 9.75. The van der Waals surface area contributed by atoms with Crippen LogP contribution in [-0.4, -0.2) is 37.5 Å². The first kappa shape index (κ1) is 14.5. The minimum atomic E-state index is 0.181. The number of amides is 1. The second-order valence-corrected chi connectivity index (χ2v) is 6.10. The van der Waals surface area contributed by atoms with Gasteiger partial charge in [0, 0.05) is 24.3 Å². The van der Waals surface area contributed by atoms with Crippen molar-refractivity contribution in [3.63, 3.8) is 0 Å². The third-order valence-corrected chi connectivity index (χ3v) is 5.02. The first-order valence-electron chi connectivity index (χ1n) is 7.16. The van der Waals surface area contributed by atoms with Gasteiger partial charge in [-0.05, 0) is 43.9 Å². The predicted octanol–water partition coefficient (Wildman–Crippen LogP) is 3.10. The van der Waals surface area contributed by atoms with Gasteiger partial charge in [0.05, 0.1) is 5.69 Å². The molecule has 1 aromatic rings. The van der Waals surface area contributed by atoms with Crippen LogP contribution in [0.4, 0.5) is 5.69 Å². The van der Waals surface area contributed by atoms with Crippen LogP contribution in [-0.2, 0) is 10.2 Å².